The molecule has 4 nitrogen and oxygen atoms in total. The summed E-state index contributed by atoms with van der Waals surface area (Å²) >= 11 is 0. The predicted molar refractivity (Wildman–Crippen MR) is 52.6 cm³/mol. The van der Waals surface area contributed by atoms with Crippen molar-refractivity contribution in [3.8, 4) is 5.75 Å². The molecule has 0 radical (unpaired) electrons. The van der Waals surface area contributed by atoms with Crippen LogP contribution in [0, 0.1) is 0 Å². The lowest BCUT2D eigenvalue weighted by atomic mass is 10.2. The highest BCUT2D eigenvalue weighted by molar-refractivity contribution is 5.87. The first-order valence-corrected chi connectivity index (χ1v) is 4.40. The Kier molecular flexibility index (Phi) is 3.94. The van der Waals surface area contributed by atoms with Gasteiger partial charge in [0.1, 0.15) is 5.75 Å². The Morgan fingerprint density at radius 2 is 2.29 bits per heavy atom. The van der Waals surface area contributed by atoms with Gasteiger partial charge < -0.3 is 15.6 Å². The molecule has 1 aromatic rings. The van der Waals surface area contributed by atoms with Crippen LogP contribution in [-0.2, 0) is 0 Å². The summed E-state index contributed by atoms with van der Waals surface area (Å²) in [5, 5.41) is 8.71. The molecule has 3 N–H and O–H groups in total. The summed E-state index contributed by atoms with van der Waals surface area (Å²) in [6, 6.07) is 6.40. The second kappa shape index (κ2) is 5.24. The molecule has 0 bridgehead atoms. The fourth-order valence-electron chi connectivity index (χ4n) is 0.992. The summed E-state index contributed by atoms with van der Waals surface area (Å²) in [6.45, 7) is 1.08. The number of aromatic carboxylic acids is 1. The lowest BCUT2D eigenvalue weighted by molar-refractivity contribution is 0.0696. The summed E-state index contributed by atoms with van der Waals surface area (Å²) in [5.41, 5.74) is 5.53. The zero-order valence-corrected chi connectivity index (χ0v) is 7.77. The van der Waals surface area contributed by atoms with Crippen molar-refractivity contribution in [1.82, 2.24) is 0 Å². The quantitative estimate of drug-likeness (QED) is 0.690. The van der Waals surface area contributed by atoms with Gasteiger partial charge in [-0.2, -0.15) is 0 Å². The molecule has 0 atom stereocenters. The molecule has 1 aromatic carbocycles. The molecule has 0 amide bonds. The number of ether oxygens (including phenoxy) is 1. The van der Waals surface area contributed by atoms with Crippen LogP contribution in [0.25, 0.3) is 0 Å². The molecule has 0 aliphatic carbocycles. The van der Waals surface area contributed by atoms with Crippen LogP contribution in [0.4, 0.5) is 0 Å². The predicted octanol–water partition coefficient (Wildman–Crippen LogP) is 1.11. The fourth-order valence-corrected chi connectivity index (χ4v) is 0.992. The Hall–Kier alpha value is -1.55. The minimum atomic E-state index is -0.950. The smallest absolute Gasteiger partial charge is 0.335 e. The normalized spacial score (nSPS) is 9.79. The van der Waals surface area contributed by atoms with E-state index in [0.29, 0.717) is 18.9 Å². The van der Waals surface area contributed by atoms with Gasteiger partial charge in [-0.1, -0.05) is 6.07 Å². The Morgan fingerprint density at radius 1 is 1.50 bits per heavy atom. The number of carboxylic acids is 1. The van der Waals surface area contributed by atoms with Crippen LogP contribution in [0.2, 0.25) is 0 Å². The van der Waals surface area contributed by atoms with Gasteiger partial charge >= 0.3 is 5.97 Å². The van der Waals surface area contributed by atoms with Crippen molar-refractivity contribution in [2.75, 3.05) is 13.2 Å². The van der Waals surface area contributed by atoms with Crippen molar-refractivity contribution in [2.24, 2.45) is 5.73 Å². The maximum absolute atomic E-state index is 10.6. The maximum Gasteiger partial charge on any atom is 0.335 e. The van der Waals surface area contributed by atoms with Gasteiger partial charge in [0.2, 0.25) is 0 Å². The van der Waals surface area contributed by atoms with Crippen molar-refractivity contribution in [1.29, 1.82) is 0 Å². The first kappa shape index (κ1) is 10.5. The van der Waals surface area contributed by atoms with E-state index >= 15 is 0 Å². The van der Waals surface area contributed by atoms with Crippen LogP contribution in [-0.4, -0.2) is 24.2 Å². The molecule has 0 aliphatic heterocycles. The van der Waals surface area contributed by atoms with Gasteiger partial charge in [-0.25, -0.2) is 4.79 Å². The number of rotatable bonds is 5. The number of carboxylic acid groups (broad SMARTS) is 1. The highest BCUT2D eigenvalue weighted by atomic mass is 16.5. The maximum atomic E-state index is 10.6. The first-order chi connectivity index (χ1) is 6.74. The van der Waals surface area contributed by atoms with E-state index in [4.69, 9.17) is 15.6 Å². The molecule has 76 valence electrons. The van der Waals surface area contributed by atoms with E-state index in [9.17, 15) is 4.79 Å². The highest BCUT2D eigenvalue weighted by Crippen LogP contribution is 2.13. The van der Waals surface area contributed by atoms with E-state index in [1.807, 2.05) is 0 Å². The molecule has 0 heterocycles. The van der Waals surface area contributed by atoms with Crippen molar-refractivity contribution >= 4 is 5.97 Å². The number of benzene rings is 1. The number of hydrogen-bond acceptors (Lipinski definition) is 3. The molecular formula is C10H13NO3. The lowest BCUT2D eigenvalue weighted by Crippen LogP contribution is -2.06. The third kappa shape index (κ3) is 3.06. The van der Waals surface area contributed by atoms with Crippen molar-refractivity contribution in [3.63, 3.8) is 0 Å². The van der Waals surface area contributed by atoms with E-state index in [1.54, 1.807) is 12.1 Å². The van der Waals surface area contributed by atoms with E-state index in [0.717, 1.165) is 6.42 Å². The Morgan fingerprint density at radius 3 is 2.93 bits per heavy atom. The summed E-state index contributed by atoms with van der Waals surface area (Å²) in [4.78, 5) is 10.6. The molecule has 0 unspecified atom stereocenters. The monoisotopic (exact) mass is 195 g/mol. The van der Waals surface area contributed by atoms with Gasteiger partial charge in [0.25, 0.3) is 0 Å². The van der Waals surface area contributed by atoms with E-state index in [1.165, 1.54) is 12.1 Å². The Bertz CT molecular complexity index is 312. The Labute approximate surface area is 82.3 Å². The van der Waals surface area contributed by atoms with E-state index < -0.39 is 5.97 Å². The van der Waals surface area contributed by atoms with Crippen LogP contribution in [0.3, 0.4) is 0 Å². The zero-order chi connectivity index (χ0) is 10.4. The molecule has 0 saturated heterocycles. The highest BCUT2D eigenvalue weighted by Gasteiger charge is 2.02. The third-order valence-electron chi connectivity index (χ3n) is 1.70. The summed E-state index contributed by atoms with van der Waals surface area (Å²) in [7, 11) is 0. The average molecular weight is 195 g/mol. The van der Waals surface area contributed by atoms with Gasteiger partial charge in [0, 0.05) is 0 Å². The average Bonchev–Trinajstić information content (AvgIpc) is 2.19. The summed E-state index contributed by atoms with van der Waals surface area (Å²) < 4.78 is 5.29. The topological polar surface area (TPSA) is 72.5 Å². The van der Waals surface area contributed by atoms with E-state index in [2.05, 4.69) is 0 Å². The zero-order valence-electron chi connectivity index (χ0n) is 7.77. The van der Waals surface area contributed by atoms with Gasteiger partial charge in [0.05, 0.1) is 12.2 Å². The van der Waals surface area contributed by atoms with Crippen molar-refractivity contribution in [3.05, 3.63) is 29.8 Å². The van der Waals surface area contributed by atoms with Crippen LogP contribution < -0.4 is 10.5 Å². The molecule has 0 aromatic heterocycles. The van der Waals surface area contributed by atoms with Gasteiger partial charge in [-0.3, -0.25) is 0 Å². The summed E-state index contributed by atoms with van der Waals surface area (Å²) in [5.74, 6) is -0.382. The van der Waals surface area contributed by atoms with Gasteiger partial charge in [-0.15, -0.1) is 0 Å². The number of hydrogen-bond donors (Lipinski definition) is 2. The summed E-state index contributed by atoms with van der Waals surface area (Å²) in [6.07, 6.45) is 0.761. The number of carbonyl (C=O) groups is 1. The molecule has 0 fully saturated rings. The van der Waals surface area contributed by atoms with Crippen LogP contribution in [0.1, 0.15) is 16.8 Å². The van der Waals surface area contributed by atoms with Crippen molar-refractivity contribution < 1.29 is 14.6 Å². The molecule has 0 spiro atoms. The minimum absolute atomic E-state index is 0.232. The number of nitrogens with two attached hydrogens (primary N) is 1. The molecule has 4 heteroatoms. The van der Waals surface area contributed by atoms with Crippen molar-refractivity contribution in [2.45, 2.75) is 6.42 Å². The third-order valence-corrected chi connectivity index (χ3v) is 1.70. The van der Waals surface area contributed by atoms with Gasteiger partial charge in [0.15, 0.2) is 0 Å². The fraction of sp³-hybridized carbons (Fsp3) is 0.300. The van der Waals surface area contributed by atoms with Gasteiger partial charge in [-0.05, 0) is 31.2 Å². The largest absolute Gasteiger partial charge is 0.494 e. The van der Waals surface area contributed by atoms with Crippen LogP contribution in [0.15, 0.2) is 24.3 Å². The van der Waals surface area contributed by atoms with E-state index in [-0.39, 0.29) is 5.56 Å². The SMILES string of the molecule is NCCCOc1cccc(C(=O)O)c1. The second-order valence-electron chi connectivity index (χ2n) is 2.82. The van der Waals surface area contributed by atoms with Crippen LogP contribution in [0.5, 0.6) is 5.75 Å². The lowest BCUT2D eigenvalue weighted by Gasteiger charge is -2.05. The minimum Gasteiger partial charge on any atom is -0.494 e. The standard InChI is InChI=1S/C10H13NO3/c11-5-2-6-14-9-4-1-3-8(7-9)10(12)13/h1,3-4,7H,2,5-6,11H2,(H,12,13). The molecule has 0 aliphatic rings. The second-order valence-corrected chi connectivity index (χ2v) is 2.82. The first-order valence-electron chi connectivity index (χ1n) is 4.40. The molecule has 14 heavy (non-hydrogen) atoms. The Balaban J connectivity index is 2.59. The molecule has 1 rings (SSSR count). The van der Waals surface area contributed by atoms with Crippen LogP contribution >= 0.6 is 0 Å². The molecule has 0 saturated carbocycles. The molecular weight excluding hydrogens is 182 g/mol.